The highest BCUT2D eigenvalue weighted by Gasteiger charge is 2.04. The molecule has 0 aliphatic heterocycles. The molecule has 0 N–H and O–H groups in total. The molecule has 14 heavy (non-hydrogen) atoms. The van der Waals surface area contributed by atoms with Gasteiger partial charge in [0.2, 0.25) is 0 Å². The number of hydrogen-bond donors (Lipinski definition) is 0. The Labute approximate surface area is 101 Å². The fourth-order valence-corrected chi connectivity index (χ4v) is 2.76. The fraction of sp³-hybridized carbons (Fsp3) is 0.100. The van der Waals surface area contributed by atoms with Crippen LogP contribution >= 0.6 is 34.4 Å². The molecule has 1 aromatic carbocycles. The molecule has 0 unspecified atom stereocenters. The lowest BCUT2D eigenvalue weighted by Gasteiger charge is -1.99. The first-order valence-electron chi connectivity index (χ1n) is 4.17. The monoisotopic (exact) mass is 316 g/mol. The van der Waals surface area contributed by atoms with E-state index < -0.39 is 0 Å². The smallest absolute Gasteiger partial charge is 0.173 e. The van der Waals surface area contributed by atoms with E-state index in [2.05, 4.69) is 39.7 Å². The zero-order valence-electron chi connectivity index (χ0n) is 7.64. The van der Waals surface area contributed by atoms with Crippen LogP contribution in [0.15, 0.2) is 46.6 Å². The van der Waals surface area contributed by atoms with E-state index in [0.29, 0.717) is 0 Å². The predicted octanol–water partition coefficient (Wildman–Crippen LogP) is 3.18. The highest BCUT2D eigenvalue weighted by Crippen LogP contribution is 2.26. The van der Waals surface area contributed by atoms with Crippen molar-refractivity contribution in [3.63, 3.8) is 0 Å². The number of aryl methyl sites for hydroxylation is 1. The van der Waals surface area contributed by atoms with Gasteiger partial charge in [-0.05, 0) is 34.7 Å². The molecule has 2 aromatic rings. The number of benzene rings is 1. The van der Waals surface area contributed by atoms with E-state index in [-0.39, 0.29) is 0 Å². The Bertz CT molecular complexity index is 425. The van der Waals surface area contributed by atoms with Crippen molar-refractivity contribution in [1.82, 2.24) is 9.55 Å². The summed E-state index contributed by atoms with van der Waals surface area (Å²) in [5.41, 5.74) is 0. The van der Waals surface area contributed by atoms with E-state index in [0.717, 1.165) is 8.86 Å². The normalized spacial score (nSPS) is 10.4. The first kappa shape index (κ1) is 10.0. The van der Waals surface area contributed by atoms with Crippen molar-refractivity contribution in [3.05, 3.63) is 40.2 Å². The third-order valence-corrected chi connectivity index (χ3v) is 3.35. The van der Waals surface area contributed by atoms with Crippen molar-refractivity contribution in [2.75, 3.05) is 0 Å². The predicted molar refractivity (Wildman–Crippen MR) is 66.5 cm³/mol. The third kappa shape index (κ3) is 2.30. The molecule has 0 aliphatic carbocycles. The van der Waals surface area contributed by atoms with Crippen molar-refractivity contribution in [3.8, 4) is 0 Å². The zero-order chi connectivity index (χ0) is 9.97. The molecule has 2 nitrogen and oxygen atoms in total. The molecule has 0 saturated heterocycles. The Morgan fingerprint density at radius 1 is 1.29 bits per heavy atom. The Balaban J connectivity index is 2.23. The number of nitrogens with zero attached hydrogens (tertiary/aromatic N) is 2. The second-order valence-corrected chi connectivity index (χ2v) is 5.02. The number of hydrogen-bond acceptors (Lipinski definition) is 2. The summed E-state index contributed by atoms with van der Waals surface area (Å²) in [4.78, 5) is 5.64. The van der Waals surface area contributed by atoms with Crippen LogP contribution in [-0.2, 0) is 7.05 Å². The minimum Gasteiger partial charge on any atom is -0.328 e. The SMILES string of the molecule is Cn1cc(I)nc1Sc1ccccc1. The lowest BCUT2D eigenvalue weighted by atomic mass is 10.4. The van der Waals surface area contributed by atoms with Crippen molar-refractivity contribution in [1.29, 1.82) is 0 Å². The number of halogens is 1. The highest BCUT2D eigenvalue weighted by molar-refractivity contribution is 14.1. The van der Waals surface area contributed by atoms with Gasteiger partial charge in [-0.3, -0.25) is 0 Å². The maximum absolute atomic E-state index is 4.42. The van der Waals surface area contributed by atoms with Gasteiger partial charge in [-0.1, -0.05) is 30.0 Å². The molecule has 72 valence electrons. The fourth-order valence-electron chi connectivity index (χ4n) is 1.10. The first-order valence-corrected chi connectivity index (χ1v) is 6.07. The summed E-state index contributed by atoms with van der Waals surface area (Å²) < 4.78 is 3.07. The van der Waals surface area contributed by atoms with Gasteiger partial charge in [-0.2, -0.15) is 0 Å². The molecule has 0 saturated carbocycles. The van der Waals surface area contributed by atoms with Crippen molar-refractivity contribution in [2.45, 2.75) is 10.1 Å². The van der Waals surface area contributed by atoms with Crippen LogP contribution in [0.1, 0.15) is 0 Å². The number of imidazole rings is 1. The maximum Gasteiger partial charge on any atom is 0.173 e. The summed E-state index contributed by atoms with van der Waals surface area (Å²) in [6.45, 7) is 0. The van der Waals surface area contributed by atoms with Crippen LogP contribution in [0.2, 0.25) is 0 Å². The van der Waals surface area contributed by atoms with Crippen LogP contribution < -0.4 is 0 Å². The van der Waals surface area contributed by atoms with Gasteiger partial charge in [-0.15, -0.1) is 0 Å². The molecule has 0 atom stereocenters. The van der Waals surface area contributed by atoms with E-state index in [9.17, 15) is 0 Å². The highest BCUT2D eigenvalue weighted by atomic mass is 127. The molecular formula is C10H9IN2S. The van der Waals surface area contributed by atoms with Gasteiger partial charge in [0.25, 0.3) is 0 Å². The van der Waals surface area contributed by atoms with Gasteiger partial charge >= 0.3 is 0 Å². The maximum atomic E-state index is 4.42. The molecule has 0 spiro atoms. The Morgan fingerprint density at radius 3 is 2.57 bits per heavy atom. The largest absolute Gasteiger partial charge is 0.328 e. The topological polar surface area (TPSA) is 17.8 Å². The Hall–Kier alpha value is -0.490. The van der Waals surface area contributed by atoms with Crippen LogP contribution in [0.3, 0.4) is 0 Å². The van der Waals surface area contributed by atoms with Crippen LogP contribution in [0, 0.1) is 3.70 Å². The molecule has 4 heteroatoms. The van der Waals surface area contributed by atoms with E-state index >= 15 is 0 Å². The average Bonchev–Trinajstić information content (AvgIpc) is 2.47. The van der Waals surface area contributed by atoms with Gasteiger partial charge in [0.05, 0.1) is 0 Å². The molecule has 0 radical (unpaired) electrons. The third-order valence-electron chi connectivity index (χ3n) is 1.76. The lowest BCUT2D eigenvalue weighted by Crippen LogP contribution is -1.87. The first-order chi connectivity index (χ1) is 6.75. The van der Waals surface area contributed by atoms with Crippen molar-refractivity contribution in [2.24, 2.45) is 7.05 Å². The van der Waals surface area contributed by atoms with Crippen LogP contribution in [-0.4, -0.2) is 9.55 Å². The van der Waals surface area contributed by atoms with E-state index in [4.69, 9.17) is 0 Å². The summed E-state index contributed by atoms with van der Waals surface area (Å²) in [6.07, 6.45) is 2.02. The molecule has 1 heterocycles. The standard InChI is InChI=1S/C10H9IN2S/c1-13-7-9(11)12-10(13)14-8-5-3-2-4-6-8/h2-7H,1H3. The minimum absolute atomic E-state index is 1.03. The Kier molecular flexibility index (Phi) is 3.12. The van der Waals surface area contributed by atoms with Crippen molar-refractivity contribution < 1.29 is 0 Å². The van der Waals surface area contributed by atoms with Gasteiger partial charge in [-0.25, -0.2) is 4.98 Å². The summed E-state index contributed by atoms with van der Waals surface area (Å²) in [6, 6.07) is 10.3. The molecule has 1 aromatic heterocycles. The second kappa shape index (κ2) is 4.35. The number of rotatable bonds is 2. The van der Waals surface area contributed by atoms with E-state index in [1.54, 1.807) is 11.8 Å². The van der Waals surface area contributed by atoms with Crippen LogP contribution in [0.4, 0.5) is 0 Å². The van der Waals surface area contributed by atoms with E-state index in [1.807, 2.05) is 36.0 Å². The Morgan fingerprint density at radius 2 is 2.00 bits per heavy atom. The second-order valence-electron chi connectivity index (χ2n) is 2.87. The summed E-state index contributed by atoms with van der Waals surface area (Å²) in [5, 5.41) is 1.03. The molecule has 0 bridgehead atoms. The molecule has 0 aliphatic rings. The minimum atomic E-state index is 1.03. The van der Waals surface area contributed by atoms with Crippen molar-refractivity contribution >= 4 is 34.4 Å². The van der Waals surface area contributed by atoms with Gasteiger partial charge in [0.15, 0.2) is 5.16 Å². The summed E-state index contributed by atoms with van der Waals surface area (Å²) in [5.74, 6) is 0. The van der Waals surface area contributed by atoms with Crippen LogP contribution in [0.25, 0.3) is 0 Å². The quantitative estimate of drug-likeness (QED) is 0.792. The van der Waals surface area contributed by atoms with Gasteiger partial charge in [0, 0.05) is 18.1 Å². The molecule has 0 amide bonds. The molecule has 2 rings (SSSR count). The summed E-state index contributed by atoms with van der Waals surface area (Å²) >= 11 is 3.91. The molecule has 0 fully saturated rings. The van der Waals surface area contributed by atoms with Crippen LogP contribution in [0.5, 0.6) is 0 Å². The average molecular weight is 316 g/mol. The van der Waals surface area contributed by atoms with Gasteiger partial charge in [0.1, 0.15) is 3.70 Å². The number of aromatic nitrogens is 2. The zero-order valence-corrected chi connectivity index (χ0v) is 10.6. The van der Waals surface area contributed by atoms with E-state index in [1.165, 1.54) is 4.90 Å². The molecular weight excluding hydrogens is 307 g/mol. The summed E-state index contributed by atoms with van der Waals surface area (Å²) in [7, 11) is 2.01. The van der Waals surface area contributed by atoms with Gasteiger partial charge < -0.3 is 4.57 Å². The lowest BCUT2D eigenvalue weighted by molar-refractivity contribution is 0.790.